The second-order valence-electron chi connectivity index (χ2n) is 4.85. The SMILES string of the molecule is CC1CC1c1ccc(C2CC2C(=O)O)o1. The maximum Gasteiger partial charge on any atom is 0.307 e. The standard InChI is InChI=1S/C12H14O3/c1-6-4-7(6)10-2-3-11(15-10)8-5-9(8)12(13)14/h2-3,6-9H,4-5H2,1H3,(H,13,14). The molecule has 1 aromatic rings. The third-order valence-corrected chi connectivity index (χ3v) is 3.60. The van der Waals surface area contributed by atoms with Gasteiger partial charge in [-0.3, -0.25) is 4.79 Å². The largest absolute Gasteiger partial charge is 0.481 e. The van der Waals surface area contributed by atoms with Crippen molar-refractivity contribution in [3.05, 3.63) is 23.7 Å². The molecule has 0 bridgehead atoms. The first-order valence-electron chi connectivity index (χ1n) is 5.49. The minimum absolute atomic E-state index is 0.130. The van der Waals surface area contributed by atoms with Crippen LogP contribution in [0.3, 0.4) is 0 Å². The van der Waals surface area contributed by atoms with Gasteiger partial charge in [0.15, 0.2) is 0 Å². The fourth-order valence-electron chi connectivity index (χ4n) is 2.27. The first-order chi connectivity index (χ1) is 7.16. The van der Waals surface area contributed by atoms with Crippen molar-refractivity contribution in [1.29, 1.82) is 0 Å². The van der Waals surface area contributed by atoms with Gasteiger partial charge in [-0.2, -0.15) is 0 Å². The van der Waals surface area contributed by atoms with Crippen LogP contribution in [0, 0.1) is 11.8 Å². The quantitative estimate of drug-likeness (QED) is 0.826. The van der Waals surface area contributed by atoms with Gasteiger partial charge in [0, 0.05) is 11.8 Å². The molecule has 2 aliphatic carbocycles. The van der Waals surface area contributed by atoms with E-state index in [1.807, 2.05) is 12.1 Å². The predicted octanol–water partition coefficient (Wildman–Crippen LogP) is 2.59. The van der Waals surface area contributed by atoms with Crippen molar-refractivity contribution in [2.24, 2.45) is 11.8 Å². The van der Waals surface area contributed by atoms with E-state index in [0.717, 1.165) is 23.9 Å². The Hall–Kier alpha value is -1.25. The molecule has 0 aliphatic heterocycles. The van der Waals surface area contributed by atoms with Crippen molar-refractivity contribution in [1.82, 2.24) is 0 Å². The number of furan rings is 1. The Bertz CT molecular complexity index is 407. The molecule has 80 valence electrons. The lowest BCUT2D eigenvalue weighted by Gasteiger charge is -1.93. The van der Waals surface area contributed by atoms with Crippen LogP contribution in [0.5, 0.6) is 0 Å². The van der Waals surface area contributed by atoms with E-state index in [1.165, 1.54) is 6.42 Å². The Morgan fingerprint density at radius 2 is 1.93 bits per heavy atom. The Morgan fingerprint density at radius 3 is 2.40 bits per heavy atom. The summed E-state index contributed by atoms with van der Waals surface area (Å²) in [5.41, 5.74) is 0. The summed E-state index contributed by atoms with van der Waals surface area (Å²) in [6.07, 6.45) is 1.95. The highest BCUT2D eigenvalue weighted by atomic mass is 16.4. The first kappa shape index (κ1) is 9.01. The number of rotatable bonds is 3. The molecule has 1 aromatic heterocycles. The zero-order chi connectivity index (χ0) is 10.6. The van der Waals surface area contributed by atoms with E-state index < -0.39 is 5.97 Å². The number of hydrogen-bond acceptors (Lipinski definition) is 2. The van der Waals surface area contributed by atoms with Crippen LogP contribution >= 0.6 is 0 Å². The Balaban J connectivity index is 1.72. The van der Waals surface area contributed by atoms with Crippen LogP contribution < -0.4 is 0 Å². The minimum Gasteiger partial charge on any atom is -0.481 e. The van der Waals surface area contributed by atoms with Crippen LogP contribution in [0.4, 0.5) is 0 Å². The molecule has 3 rings (SSSR count). The molecule has 1 heterocycles. The van der Waals surface area contributed by atoms with Crippen molar-refractivity contribution >= 4 is 5.97 Å². The summed E-state index contributed by atoms with van der Waals surface area (Å²) in [4.78, 5) is 10.7. The maximum atomic E-state index is 10.7. The maximum absolute atomic E-state index is 10.7. The van der Waals surface area contributed by atoms with Gasteiger partial charge >= 0.3 is 5.97 Å². The van der Waals surface area contributed by atoms with E-state index in [4.69, 9.17) is 9.52 Å². The second-order valence-corrected chi connectivity index (χ2v) is 4.85. The van der Waals surface area contributed by atoms with Gasteiger partial charge < -0.3 is 9.52 Å². The fourth-order valence-corrected chi connectivity index (χ4v) is 2.27. The van der Waals surface area contributed by atoms with Crippen LogP contribution in [0.1, 0.15) is 43.1 Å². The van der Waals surface area contributed by atoms with Crippen molar-refractivity contribution in [3.63, 3.8) is 0 Å². The smallest absolute Gasteiger partial charge is 0.307 e. The summed E-state index contributed by atoms with van der Waals surface area (Å²) < 4.78 is 5.72. The van der Waals surface area contributed by atoms with Crippen molar-refractivity contribution in [2.45, 2.75) is 31.6 Å². The zero-order valence-corrected chi connectivity index (χ0v) is 8.64. The topological polar surface area (TPSA) is 50.4 Å². The number of carboxylic acid groups (broad SMARTS) is 1. The molecule has 1 N–H and O–H groups in total. The molecule has 2 saturated carbocycles. The van der Waals surface area contributed by atoms with Gasteiger partial charge in [0.2, 0.25) is 0 Å². The van der Waals surface area contributed by atoms with Gasteiger partial charge in [0.05, 0.1) is 5.92 Å². The van der Waals surface area contributed by atoms with Gasteiger partial charge in [-0.1, -0.05) is 6.92 Å². The molecule has 3 nitrogen and oxygen atoms in total. The normalized spacial score (nSPS) is 37.7. The monoisotopic (exact) mass is 206 g/mol. The van der Waals surface area contributed by atoms with E-state index >= 15 is 0 Å². The third kappa shape index (κ3) is 1.46. The highest BCUT2D eigenvalue weighted by molar-refractivity contribution is 5.74. The van der Waals surface area contributed by atoms with E-state index in [1.54, 1.807) is 0 Å². The molecule has 2 fully saturated rings. The molecule has 0 radical (unpaired) electrons. The summed E-state index contributed by atoms with van der Waals surface area (Å²) in [5, 5.41) is 8.81. The Morgan fingerprint density at radius 1 is 1.33 bits per heavy atom. The van der Waals surface area contributed by atoms with Gasteiger partial charge in [-0.15, -0.1) is 0 Å². The van der Waals surface area contributed by atoms with Crippen LogP contribution in [-0.4, -0.2) is 11.1 Å². The summed E-state index contributed by atoms with van der Waals surface area (Å²) in [5.74, 6) is 2.47. The molecule has 4 atom stereocenters. The van der Waals surface area contributed by atoms with E-state index in [0.29, 0.717) is 5.92 Å². The second kappa shape index (κ2) is 2.87. The molecular formula is C12H14O3. The lowest BCUT2D eigenvalue weighted by atomic mass is 10.2. The minimum atomic E-state index is -0.697. The van der Waals surface area contributed by atoms with Gasteiger partial charge in [-0.25, -0.2) is 0 Å². The number of carbonyl (C=O) groups is 1. The summed E-state index contributed by atoms with van der Waals surface area (Å²) in [6.45, 7) is 2.21. The average Bonchev–Trinajstić information content (AvgIpc) is 3.07. The summed E-state index contributed by atoms with van der Waals surface area (Å²) >= 11 is 0. The Labute approximate surface area is 88.1 Å². The number of hydrogen-bond donors (Lipinski definition) is 1. The molecular weight excluding hydrogens is 192 g/mol. The summed E-state index contributed by atoms with van der Waals surface area (Å²) in [7, 11) is 0. The first-order valence-corrected chi connectivity index (χ1v) is 5.49. The van der Waals surface area contributed by atoms with Gasteiger partial charge in [0.1, 0.15) is 11.5 Å². The lowest BCUT2D eigenvalue weighted by Crippen LogP contribution is -1.98. The van der Waals surface area contributed by atoms with Gasteiger partial charge in [-0.05, 0) is 30.9 Å². The van der Waals surface area contributed by atoms with E-state index in [9.17, 15) is 4.79 Å². The molecule has 0 aromatic carbocycles. The summed E-state index contributed by atoms with van der Waals surface area (Å²) in [6, 6.07) is 3.97. The zero-order valence-electron chi connectivity index (χ0n) is 8.64. The molecule has 4 unspecified atom stereocenters. The van der Waals surface area contributed by atoms with Crippen molar-refractivity contribution < 1.29 is 14.3 Å². The molecule has 0 spiro atoms. The lowest BCUT2D eigenvalue weighted by molar-refractivity contribution is -0.138. The highest BCUT2D eigenvalue weighted by Gasteiger charge is 2.47. The van der Waals surface area contributed by atoms with Crippen LogP contribution in [0.25, 0.3) is 0 Å². The highest BCUT2D eigenvalue weighted by Crippen LogP contribution is 2.51. The van der Waals surface area contributed by atoms with Crippen molar-refractivity contribution in [2.75, 3.05) is 0 Å². The fraction of sp³-hybridized carbons (Fsp3) is 0.583. The number of aliphatic carboxylic acids is 1. The van der Waals surface area contributed by atoms with Gasteiger partial charge in [0.25, 0.3) is 0 Å². The average molecular weight is 206 g/mol. The molecule has 2 aliphatic rings. The molecule has 0 amide bonds. The van der Waals surface area contributed by atoms with E-state index in [2.05, 4.69) is 6.92 Å². The van der Waals surface area contributed by atoms with Crippen LogP contribution in [-0.2, 0) is 4.79 Å². The number of carboxylic acids is 1. The molecule has 3 heteroatoms. The van der Waals surface area contributed by atoms with Crippen molar-refractivity contribution in [3.8, 4) is 0 Å². The Kier molecular flexibility index (Phi) is 1.73. The molecule has 15 heavy (non-hydrogen) atoms. The van der Waals surface area contributed by atoms with Crippen LogP contribution in [0.2, 0.25) is 0 Å². The van der Waals surface area contributed by atoms with E-state index in [-0.39, 0.29) is 11.8 Å². The predicted molar refractivity (Wildman–Crippen MR) is 53.7 cm³/mol. The molecule has 0 saturated heterocycles. The third-order valence-electron chi connectivity index (χ3n) is 3.60. The van der Waals surface area contributed by atoms with Crippen LogP contribution in [0.15, 0.2) is 16.5 Å².